The zero-order valence-electron chi connectivity index (χ0n) is 6.87. The molecule has 1 heterocycles. The van der Waals surface area contributed by atoms with Crippen LogP contribution < -0.4 is 0 Å². The number of rotatable bonds is 2. The van der Waals surface area contributed by atoms with Crippen LogP contribution in [0.2, 0.25) is 0 Å². The molecule has 5 heteroatoms. The molecular formula is C7H10N2O3. The summed E-state index contributed by atoms with van der Waals surface area (Å²) in [6.07, 6.45) is 1.23. The molecule has 0 amide bonds. The first-order chi connectivity index (χ1) is 5.54. The predicted molar refractivity (Wildman–Crippen MR) is 43.2 cm³/mol. The summed E-state index contributed by atoms with van der Waals surface area (Å²) in [5, 5.41) is 19.6. The lowest BCUT2D eigenvalue weighted by Crippen LogP contribution is -1.94. The molecule has 0 saturated heterocycles. The maximum absolute atomic E-state index is 10.4. The lowest BCUT2D eigenvalue weighted by molar-refractivity contribution is -0.390. The zero-order chi connectivity index (χ0) is 9.30. The molecule has 0 aliphatic heterocycles. The van der Waals surface area contributed by atoms with E-state index in [9.17, 15) is 15.2 Å². The number of aromatic nitrogens is 1. The summed E-state index contributed by atoms with van der Waals surface area (Å²) in [4.78, 5) is 12.3. The Hall–Kier alpha value is -1.52. The Balaban J connectivity index is 3.21. The average Bonchev–Trinajstić information content (AvgIpc) is 2.30. The number of H-pyrrole nitrogens is 1. The van der Waals surface area contributed by atoms with Crippen molar-refractivity contribution in [2.45, 2.75) is 19.8 Å². The van der Waals surface area contributed by atoms with Crippen LogP contribution in [0.3, 0.4) is 0 Å². The second kappa shape index (κ2) is 2.84. The topological polar surface area (TPSA) is 79.2 Å². The summed E-state index contributed by atoms with van der Waals surface area (Å²) in [5.41, 5.74) is 0.361. The molecule has 0 aliphatic rings. The predicted octanol–water partition coefficient (Wildman–Crippen LogP) is 1.75. The fourth-order valence-corrected chi connectivity index (χ4v) is 1.13. The van der Waals surface area contributed by atoms with Crippen molar-refractivity contribution < 1.29 is 10.0 Å². The number of aromatic hydroxyl groups is 1. The van der Waals surface area contributed by atoms with Gasteiger partial charge < -0.3 is 15.2 Å². The molecule has 0 radical (unpaired) electrons. The summed E-state index contributed by atoms with van der Waals surface area (Å²) in [6.45, 7) is 3.58. The summed E-state index contributed by atoms with van der Waals surface area (Å²) < 4.78 is 0. The minimum atomic E-state index is -0.533. The van der Waals surface area contributed by atoms with Gasteiger partial charge in [-0.15, -0.1) is 0 Å². The van der Waals surface area contributed by atoms with Gasteiger partial charge >= 0.3 is 5.82 Å². The van der Waals surface area contributed by atoms with Crippen molar-refractivity contribution >= 4 is 5.82 Å². The first kappa shape index (κ1) is 8.58. The Labute approximate surface area is 69.2 Å². The van der Waals surface area contributed by atoms with Gasteiger partial charge in [0.15, 0.2) is 5.75 Å². The number of nitro groups is 1. The standard InChI is InChI=1S/C7H10N2O3/c1-4(2)6-5(10)3-8-7(6)9(11)12/h3-4,8,10H,1-2H3. The van der Waals surface area contributed by atoms with Crippen molar-refractivity contribution in [2.75, 3.05) is 0 Å². The van der Waals surface area contributed by atoms with Gasteiger partial charge in [-0.3, -0.25) is 0 Å². The summed E-state index contributed by atoms with van der Waals surface area (Å²) >= 11 is 0. The van der Waals surface area contributed by atoms with E-state index in [2.05, 4.69) is 4.98 Å². The summed E-state index contributed by atoms with van der Waals surface area (Å²) in [7, 11) is 0. The van der Waals surface area contributed by atoms with Gasteiger partial charge in [0, 0.05) is 0 Å². The van der Waals surface area contributed by atoms with Crippen LogP contribution in [-0.4, -0.2) is 15.0 Å². The van der Waals surface area contributed by atoms with Crippen LogP contribution in [0.4, 0.5) is 5.82 Å². The molecule has 12 heavy (non-hydrogen) atoms. The smallest absolute Gasteiger partial charge is 0.328 e. The van der Waals surface area contributed by atoms with Gasteiger partial charge in [-0.05, 0) is 10.8 Å². The number of hydrogen-bond donors (Lipinski definition) is 2. The Bertz CT molecular complexity index is 304. The fourth-order valence-electron chi connectivity index (χ4n) is 1.13. The molecule has 1 aromatic rings. The first-order valence-electron chi connectivity index (χ1n) is 3.58. The van der Waals surface area contributed by atoms with Gasteiger partial charge in [0.1, 0.15) is 6.20 Å². The molecule has 1 aromatic heterocycles. The highest BCUT2D eigenvalue weighted by molar-refractivity contribution is 5.46. The molecule has 0 aromatic carbocycles. The highest BCUT2D eigenvalue weighted by atomic mass is 16.6. The molecule has 1 rings (SSSR count). The molecule has 0 unspecified atom stereocenters. The largest absolute Gasteiger partial charge is 0.504 e. The van der Waals surface area contributed by atoms with Crippen LogP contribution in [0.5, 0.6) is 5.75 Å². The van der Waals surface area contributed by atoms with Gasteiger partial charge in [-0.25, -0.2) is 4.98 Å². The molecule has 0 atom stereocenters. The minimum absolute atomic E-state index is 0.0447. The van der Waals surface area contributed by atoms with Crippen LogP contribution >= 0.6 is 0 Å². The minimum Gasteiger partial charge on any atom is -0.504 e. The Kier molecular flexibility index (Phi) is 2.03. The van der Waals surface area contributed by atoms with Crippen molar-refractivity contribution in [2.24, 2.45) is 0 Å². The van der Waals surface area contributed by atoms with Crippen LogP contribution in [0, 0.1) is 10.1 Å². The molecule has 0 fully saturated rings. The number of nitrogens with zero attached hydrogens (tertiary/aromatic N) is 1. The van der Waals surface area contributed by atoms with E-state index in [1.165, 1.54) is 6.20 Å². The van der Waals surface area contributed by atoms with Crippen molar-refractivity contribution in [1.82, 2.24) is 4.98 Å². The molecule has 2 N–H and O–H groups in total. The quantitative estimate of drug-likeness (QED) is 0.524. The summed E-state index contributed by atoms with van der Waals surface area (Å²) in [5.74, 6) is -0.226. The van der Waals surface area contributed by atoms with Crippen molar-refractivity contribution in [3.63, 3.8) is 0 Å². The van der Waals surface area contributed by atoms with E-state index in [1.54, 1.807) is 13.8 Å². The SMILES string of the molecule is CC(C)c1c(O)c[nH]c1[N+](=O)[O-]. The van der Waals surface area contributed by atoms with E-state index >= 15 is 0 Å². The molecule has 0 bridgehead atoms. The highest BCUT2D eigenvalue weighted by Crippen LogP contribution is 2.33. The lowest BCUT2D eigenvalue weighted by atomic mass is 10.1. The van der Waals surface area contributed by atoms with E-state index in [0.29, 0.717) is 5.56 Å². The fraction of sp³-hybridized carbons (Fsp3) is 0.429. The molecule has 0 saturated carbocycles. The second-order valence-electron chi connectivity index (χ2n) is 2.85. The lowest BCUT2D eigenvalue weighted by Gasteiger charge is -2.01. The molecule has 66 valence electrons. The number of nitrogens with one attached hydrogen (secondary N) is 1. The average molecular weight is 170 g/mol. The highest BCUT2D eigenvalue weighted by Gasteiger charge is 2.21. The van der Waals surface area contributed by atoms with Crippen molar-refractivity contribution in [3.05, 3.63) is 21.9 Å². The number of hydrogen-bond acceptors (Lipinski definition) is 3. The van der Waals surface area contributed by atoms with E-state index in [-0.39, 0.29) is 17.5 Å². The van der Waals surface area contributed by atoms with Gasteiger partial charge in [0.05, 0.1) is 5.56 Å². The van der Waals surface area contributed by atoms with Crippen molar-refractivity contribution in [3.8, 4) is 5.75 Å². The maximum atomic E-state index is 10.4. The van der Waals surface area contributed by atoms with Crippen LogP contribution in [0.15, 0.2) is 6.20 Å². The van der Waals surface area contributed by atoms with Gasteiger partial charge in [0.25, 0.3) is 0 Å². The zero-order valence-corrected chi connectivity index (χ0v) is 6.87. The van der Waals surface area contributed by atoms with Crippen LogP contribution in [-0.2, 0) is 0 Å². The van der Waals surface area contributed by atoms with E-state index in [1.807, 2.05) is 0 Å². The van der Waals surface area contributed by atoms with Crippen LogP contribution in [0.1, 0.15) is 25.3 Å². The third-order valence-corrected chi connectivity index (χ3v) is 1.64. The van der Waals surface area contributed by atoms with Crippen LogP contribution in [0.25, 0.3) is 0 Å². The van der Waals surface area contributed by atoms with Gasteiger partial charge in [-0.2, -0.15) is 0 Å². The molecule has 0 aliphatic carbocycles. The van der Waals surface area contributed by atoms with E-state index in [4.69, 9.17) is 0 Å². The Morgan fingerprint density at radius 2 is 2.25 bits per heavy atom. The molecular weight excluding hydrogens is 160 g/mol. The van der Waals surface area contributed by atoms with Gasteiger partial charge in [-0.1, -0.05) is 13.8 Å². The maximum Gasteiger partial charge on any atom is 0.328 e. The second-order valence-corrected chi connectivity index (χ2v) is 2.85. The Morgan fingerprint density at radius 3 is 2.58 bits per heavy atom. The van der Waals surface area contributed by atoms with Gasteiger partial charge in [0.2, 0.25) is 0 Å². The monoisotopic (exact) mass is 170 g/mol. The third kappa shape index (κ3) is 1.25. The third-order valence-electron chi connectivity index (χ3n) is 1.64. The van der Waals surface area contributed by atoms with E-state index in [0.717, 1.165) is 0 Å². The van der Waals surface area contributed by atoms with E-state index < -0.39 is 4.92 Å². The summed E-state index contributed by atoms with van der Waals surface area (Å²) in [6, 6.07) is 0. The molecule has 0 spiro atoms. The molecule has 5 nitrogen and oxygen atoms in total. The first-order valence-corrected chi connectivity index (χ1v) is 3.58. The van der Waals surface area contributed by atoms with Crippen molar-refractivity contribution in [1.29, 1.82) is 0 Å². The normalized spacial score (nSPS) is 10.6. The Morgan fingerprint density at radius 1 is 1.67 bits per heavy atom. The number of aromatic amines is 1.